The van der Waals surface area contributed by atoms with Crippen LogP contribution >= 0.6 is 0 Å². The summed E-state index contributed by atoms with van der Waals surface area (Å²) in [7, 11) is -3.61. The molecule has 9 heteroatoms. The molecule has 0 aliphatic carbocycles. The molecule has 0 aliphatic rings. The fraction of sp³-hybridized carbons (Fsp3) is 0.208. The summed E-state index contributed by atoms with van der Waals surface area (Å²) in [5.74, 6) is 0.475. The van der Waals surface area contributed by atoms with E-state index < -0.39 is 16.1 Å². The number of hydrogen-bond acceptors (Lipinski definition) is 7. The zero-order valence-electron chi connectivity index (χ0n) is 17.9. The van der Waals surface area contributed by atoms with Crippen LogP contribution in [0, 0.1) is 11.3 Å². The zero-order chi connectivity index (χ0) is 23.7. The highest BCUT2D eigenvalue weighted by Crippen LogP contribution is 2.19. The Balaban J connectivity index is 1.39. The minimum absolute atomic E-state index is 0.0814. The van der Waals surface area contributed by atoms with Gasteiger partial charge in [0.1, 0.15) is 24.5 Å². The van der Waals surface area contributed by atoms with E-state index in [0.717, 1.165) is 5.56 Å². The van der Waals surface area contributed by atoms with E-state index in [9.17, 15) is 13.5 Å². The van der Waals surface area contributed by atoms with Gasteiger partial charge in [0.25, 0.3) is 10.0 Å². The number of ether oxygens (including phenoxy) is 1. The number of nitrogens with zero attached hydrogens (tertiary/aromatic N) is 1. The molecule has 3 rings (SSSR count). The standard InChI is InChI=1S/C24H26N4O4S/c25-15-19-14-22(10-11-24(19)26)32-17-21(29)16-27-13-12-18-6-8-20(9-7-18)28-33(30,31)23-4-2-1-3-5-23/h1-11,14,21,27-29H,12-13,16-17,26H2. The van der Waals surface area contributed by atoms with Crippen LogP contribution in [0.25, 0.3) is 0 Å². The van der Waals surface area contributed by atoms with E-state index in [1.165, 1.54) is 0 Å². The molecule has 0 fully saturated rings. The molecule has 33 heavy (non-hydrogen) atoms. The molecular weight excluding hydrogens is 440 g/mol. The van der Waals surface area contributed by atoms with Gasteiger partial charge in [0.2, 0.25) is 0 Å². The van der Waals surface area contributed by atoms with E-state index in [4.69, 9.17) is 15.7 Å². The molecule has 1 atom stereocenters. The van der Waals surface area contributed by atoms with Crippen LogP contribution in [0.5, 0.6) is 5.75 Å². The summed E-state index contributed by atoms with van der Waals surface area (Å²) in [6, 6.07) is 22.1. The third-order valence-electron chi connectivity index (χ3n) is 4.82. The lowest BCUT2D eigenvalue weighted by atomic mass is 10.1. The third-order valence-corrected chi connectivity index (χ3v) is 6.21. The number of hydrogen-bond donors (Lipinski definition) is 4. The zero-order valence-corrected chi connectivity index (χ0v) is 18.8. The highest BCUT2D eigenvalue weighted by atomic mass is 32.2. The maximum absolute atomic E-state index is 12.4. The van der Waals surface area contributed by atoms with Crippen LogP contribution in [0.1, 0.15) is 11.1 Å². The summed E-state index contributed by atoms with van der Waals surface area (Å²) in [5, 5.41) is 22.2. The van der Waals surface area contributed by atoms with Gasteiger partial charge in [0, 0.05) is 17.9 Å². The van der Waals surface area contributed by atoms with Gasteiger partial charge in [-0.3, -0.25) is 4.72 Å². The molecular formula is C24H26N4O4S. The average molecular weight is 467 g/mol. The SMILES string of the molecule is N#Cc1cc(OCC(O)CNCCc2ccc(NS(=O)(=O)c3ccccc3)cc2)ccc1N. The molecule has 0 heterocycles. The lowest BCUT2D eigenvalue weighted by Crippen LogP contribution is -2.32. The molecule has 1 unspecified atom stereocenters. The molecule has 8 nitrogen and oxygen atoms in total. The van der Waals surface area contributed by atoms with E-state index in [0.29, 0.717) is 42.2 Å². The first-order valence-corrected chi connectivity index (χ1v) is 11.8. The van der Waals surface area contributed by atoms with Crippen LogP contribution in [-0.2, 0) is 16.4 Å². The van der Waals surface area contributed by atoms with E-state index in [1.54, 1.807) is 60.7 Å². The van der Waals surface area contributed by atoms with E-state index in [1.807, 2.05) is 18.2 Å². The summed E-state index contributed by atoms with van der Waals surface area (Å²) in [5.41, 5.74) is 7.91. The van der Waals surface area contributed by atoms with Gasteiger partial charge in [-0.05, 0) is 61.0 Å². The Hall–Kier alpha value is -3.58. The van der Waals surface area contributed by atoms with Gasteiger partial charge in [0.05, 0.1) is 10.5 Å². The van der Waals surface area contributed by atoms with Gasteiger partial charge in [0.15, 0.2) is 0 Å². The number of nitriles is 1. The number of nitrogens with two attached hydrogens (primary N) is 1. The molecule has 3 aromatic carbocycles. The number of anilines is 2. The van der Waals surface area contributed by atoms with Gasteiger partial charge in [-0.2, -0.15) is 5.26 Å². The second kappa shape index (κ2) is 11.3. The highest BCUT2D eigenvalue weighted by molar-refractivity contribution is 7.92. The Kier molecular flexibility index (Phi) is 8.27. The average Bonchev–Trinajstić information content (AvgIpc) is 2.82. The molecule has 0 amide bonds. The largest absolute Gasteiger partial charge is 0.491 e. The van der Waals surface area contributed by atoms with Crippen molar-refractivity contribution < 1.29 is 18.3 Å². The maximum atomic E-state index is 12.4. The molecule has 172 valence electrons. The third kappa shape index (κ3) is 7.22. The molecule has 0 spiro atoms. The van der Waals surface area contributed by atoms with Gasteiger partial charge in [-0.25, -0.2) is 8.42 Å². The summed E-state index contributed by atoms with van der Waals surface area (Å²) in [6.07, 6.45) is -0.00848. The van der Waals surface area contributed by atoms with E-state index in [-0.39, 0.29) is 11.5 Å². The Bertz CT molecular complexity index is 1190. The number of nitrogen functional groups attached to an aromatic ring is 1. The summed E-state index contributed by atoms with van der Waals surface area (Å²) >= 11 is 0. The first-order chi connectivity index (χ1) is 15.9. The van der Waals surface area contributed by atoms with Gasteiger partial charge in [-0.15, -0.1) is 0 Å². The van der Waals surface area contributed by atoms with E-state index in [2.05, 4.69) is 10.0 Å². The smallest absolute Gasteiger partial charge is 0.261 e. The number of aliphatic hydroxyl groups is 1. The van der Waals surface area contributed by atoms with Crippen LogP contribution in [-0.4, -0.2) is 39.3 Å². The number of aliphatic hydroxyl groups excluding tert-OH is 1. The van der Waals surface area contributed by atoms with Crippen molar-refractivity contribution in [3.05, 3.63) is 83.9 Å². The van der Waals surface area contributed by atoms with Crippen LogP contribution in [0.4, 0.5) is 11.4 Å². The minimum Gasteiger partial charge on any atom is -0.491 e. The topological polar surface area (TPSA) is 137 Å². The molecule has 0 aliphatic heterocycles. The predicted octanol–water partition coefficient (Wildman–Crippen LogP) is 2.51. The van der Waals surface area contributed by atoms with Gasteiger partial charge in [-0.1, -0.05) is 30.3 Å². The monoisotopic (exact) mass is 466 g/mol. The lowest BCUT2D eigenvalue weighted by molar-refractivity contribution is 0.106. The molecule has 5 N–H and O–H groups in total. The minimum atomic E-state index is -3.61. The van der Waals surface area contributed by atoms with Crippen molar-refractivity contribution in [3.8, 4) is 11.8 Å². The van der Waals surface area contributed by atoms with Crippen molar-refractivity contribution >= 4 is 21.4 Å². The number of nitrogens with one attached hydrogen (secondary N) is 2. The van der Waals surface area contributed by atoms with Crippen LogP contribution in [0.2, 0.25) is 0 Å². The fourth-order valence-electron chi connectivity index (χ4n) is 3.03. The van der Waals surface area contributed by atoms with Crippen molar-refractivity contribution in [1.29, 1.82) is 5.26 Å². The Morgan fingerprint density at radius 1 is 1.06 bits per heavy atom. The van der Waals surface area contributed by atoms with Crippen molar-refractivity contribution in [2.75, 3.05) is 30.2 Å². The van der Waals surface area contributed by atoms with Crippen LogP contribution in [0.15, 0.2) is 77.7 Å². The van der Waals surface area contributed by atoms with Gasteiger partial charge < -0.3 is 20.9 Å². The molecule has 0 saturated heterocycles. The fourth-order valence-corrected chi connectivity index (χ4v) is 4.11. The van der Waals surface area contributed by atoms with Crippen molar-refractivity contribution in [2.45, 2.75) is 17.4 Å². The summed E-state index contributed by atoms with van der Waals surface area (Å²) < 4.78 is 32.8. The maximum Gasteiger partial charge on any atom is 0.261 e. The lowest BCUT2D eigenvalue weighted by Gasteiger charge is -2.14. The van der Waals surface area contributed by atoms with Crippen molar-refractivity contribution in [3.63, 3.8) is 0 Å². The summed E-state index contributed by atoms with van der Waals surface area (Å²) in [6.45, 7) is 1.06. The molecule has 0 aromatic heterocycles. The second-order valence-electron chi connectivity index (χ2n) is 7.40. The molecule has 0 radical (unpaired) electrons. The normalized spacial score (nSPS) is 12.0. The van der Waals surface area contributed by atoms with Crippen LogP contribution in [0.3, 0.4) is 0 Å². The number of benzene rings is 3. The second-order valence-corrected chi connectivity index (χ2v) is 9.08. The first kappa shape index (κ1) is 24.1. The molecule has 0 bridgehead atoms. The Labute approximate surface area is 193 Å². The number of rotatable bonds is 11. The van der Waals surface area contributed by atoms with Crippen molar-refractivity contribution in [1.82, 2.24) is 5.32 Å². The molecule has 0 saturated carbocycles. The number of sulfonamides is 1. The first-order valence-electron chi connectivity index (χ1n) is 10.4. The van der Waals surface area contributed by atoms with Gasteiger partial charge >= 0.3 is 0 Å². The molecule has 3 aromatic rings. The predicted molar refractivity (Wildman–Crippen MR) is 127 cm³/mol. The van der Waals surface area contributed by atoms with Crippen LogP contribution < -0.4 is 20.5 Å². The van der Waals surface area contributed by atoms with E-state index >= 15 is 0 Å². The van der Waals surface area contributed by atoms with Crippen molar-refractivity contribution in [2.24, 2.45) is 0 Å². The highest BCUT2D eigenvalue weighted by Gasteiger charge is 2.13. The Morgan fingerprint density at radius 2 is 1.79 bits per heavy atom. The Morgan fingerprint density at radius 3 is 2.48 bits per heavy atom. The summed E-state index contributed by atoms with van der Waals surface area (Å²) in [4.78, 5) is 0.211. The quantitative estimate of drug-likeness (QED) is 0.252.